The van der Waals surface area contributed by atoms with Crippen molar-refractivity contribution in [3.8, 4) is 0 Å². The summed E-state index contributed by atoms with van der Waals surface area (Å²) in [5.41, 5.74) is 6.43. The van der Waals surface area contributed by atoms with E-state index in [-0.39, 0.29) is 11.8 Å². The second-order valence-electron chi connectivity index (χ2n) is 4.68. The lowest BCUT2D eigenvalue weighted by Crippen LogP contribution is -2.34. The van der Waals surface area contributed by atoms with Gasteiger partial charge in [0.1, 0.15) is 11.5 Å². The molecule has 2 atom stereocenters. The predicted octanol–water partition coefficient (Wildman–Crippen LogP) is 0.974. The minimum atomic E-state index is 0.0768. The molecule has 0 radical (unpaired) electrons. The maximum absolute atomic E-state index is 12.0. The van der Waals surface area contributed by atoms with Crippen LogP contribution in [0.5, 0.6) is 0 Å². The van der Waals surface area contributed by atoms with Gasteiger partial charge in [0, 0.05) is 12.0 Å². The Kier molecular flexibility index (Phi) is 3.78. The first kappa shape index (κ1) is 12.1. The molecule has 0 saturated heterocycles. The third-order valence-electron chi connectivity index (χ3n) is 3.42. The third kappa shape index (κ3) is 2.85. The molecule has 0 aromatic carbocycles. The van der Waals surface area contributed by atoms with Crippen molar-refractivity contribution in [1.82, 2.24) is 10.5 Å². The molecule has 1 saturated carbocycles. The first-order valence-electron chi connectivity index (χ1n) is 6.10. The molecule has 0 bridgehead atoms. The Labute approximate surface area is 101 Å². The number of carbonyl (C=O) groups is 1. The summed E-state index contributed by atoms with van der Waals surface area (Å²) in [5, 5.41) is 6.74. The number of carbonyl (C=O) groups excluding carboxylic acids is 1. The van der Waals surface area contributed by atoms with Crippen molar-refractivity contribution in [2.24, 2.45) is 17.6 Å². The molecule has 0 spiro atoms. The molecule has 5 nitrogen and oxygen atoms in total. The van der Waals surface area contributed by atoms with Crippen molar-refractivity contribution < 1.29 is 9.32 Å². The van der Waals surface area contributed by atoms with Crippen molar-refractivity contribution >= 4 is 5.91 Å². The van der Waals surface area contributed by atoms with Crippen LogP contribution in [0.1, 0.15) is 30.7 Å². The molecule has 0 aliphatic heterocycles. The van der Waals surface area contributed by atoms with E-state index in [4.69, 9.17) is 10.3 Å². The van der Waals surface area contributed by atoms with Crippen LogP contribution in [-0.2, 0) is 11.3 Å². The Morgan fingerprint density at radius 2 is 2.47 bits per heavy atom. The van der Waals surface area contributed by atoms with Gasteiger partial charge >= 0.3 is 0 Å². The fourth-order valence-corrected chi connectivity index (χ4v) is 2.47. The van der Waals surface area contributed by atoms with Gasteiger partial charge in [0.2, 0.25) is 5.91 Å². The maximum Gasteiger partial charge on any atom is 0.223 e. The maximum atomic E-state index is 12.0. The number of hydrogen-bond donors (Lipinski definition) is 2. The molecular weight excluding hydrogens is 218 g/mol. The Hall–Kier alpha value is -1.36. The fourth-order valence-electron chi connectivity index (χ4n) is 2.47. The van der Waals surface area contributed by atoms with E-state index in [9.17, 15) is 4.79 Å². The standard InChI is InChI=1S/C12H19N3O2/c1-8-5-10(15-17-8)7-14-12(16)11-4-2-3-9(11)6-13/h5,9,11H,2-4,6-7,13H2,1H3,(H,14,16). The molecule has 1 heterocycles. The first-order valence-corrected chi connectivity index (χ1v) is 6.10. The highest BCUT2D eigenvalue weighted by atomic mass is 16.5. The summed E-state index contributed by atoms with van der Waals surface area (Å²) in [6.45, 7) is 2.87. The molecule has 94 valence electrons. The minimum Gasteiger partial charge on any atom is -0.361 e. The van der Waals surface area contributed by atoms with Gasteiger partial charge in [-0.1, -0.05) is 11.6 Å². The molecule has 1 aromatic heterocycles. The summed E-state index contributed by atoms with van der Waals surface area (Å²) < 4.78 is 4.94. The molecule has 1 fully saturated rings. The molecule has 1 amide bonds. The molecule has 2 rings (SSSR count). The molecule has 1 aliphatic rings. The van der Waals surface area contributed by atoms with E-state index in [2.05, 4.69) is 10.5 Å². The molecule has 1 aromatic rings. The molecule has 3 N–H and O–H groups in total. The van der Waals surface area contributed by atoms with Gasteiger partial charge in [-0.15, -0.1) is 0 Å². The Morgan fingerprint density at radius 1 is 1.65 bits per heavy atom. The number of rotatable bonds is 4. The summed E-state index contributed by atoms with van der Waals surface area (Å²) in [7, 11) is 0. The molecule has 5 heteroatoms. The number of nitrogens with zero attached hydrogens (tertiary/aromatic N) is 1. The number of aryl methyl sites for hydroxylation is 1. The van der Waals surface area contributed by atoms with E-state index in [1.807, 2.05) is 13.0 Å². The van der Waals surface area contributed by atoms with Crippen molar-refractivity contribution in [2.75, 3.05) is 6.54 Å². The van der Waals surface area contributed by atoms with Gasteiger partial charge in [-0.25, -0.2) is 0 Å². The summed E-state index contributed by atoms with van der Waals surface area (Å²) >= 11 is 0. The predicted molar refractivity (Wildman–Crippen MR) is 63.0 cm³/mol. The number of aromatic nitrogens is 1. The molecule has 17 heavy (non-hydrogen) atoms. The Bertz CT molecular complexity index is 389. The van der Waals surface area contributed by atoms with Crippen LogP contribution in [0.2, 0.25) is 0 Å². The zero-order valence-electron chi connectivity index (χ0n) is 10.1. The normalized spacial score (nSPS) is 23.9. The lowest BCUT2D eigenvalue weighted by atomic mass is 9.95. The van der Waals surface area contributed by atoms with Gasteiger partial charge in [0.25, 0.3) is 0 Å². The lowest BCUT2D eigenvalue weighted by Gasteiger charge is -2.16. The summed E-state index contributed by atoms with van der Waals surface area (Å²) in [5.74, 6) is 1.27. The smallest absolute Gasteiger partial charge is 0.223 e. The van der Waals surface area contributed by atoms with E-state index in [0.29, 0.717) is 19.0 Å². The molecule has 1 aliphatic carbocycles. The quantitative estimate of drug-likeness (QED) is 0.817. The van der Waals surface area contributed by atoms with Gasteiger partial charge in [0.05, 0.1) is 6.54 Å². The van der Waals surface area contributed by atoms with E-state index in [1.165, 1.54) is 0 Å². The summed E-state index contributed by atoms with van der Waals surface area (Å²) in [6, 6.07) is 1.83. The number of nitrogens with two attached hydrogens (primary N) is 1. The first-order chi connectivity index (χ1) is 8.20. The summed E-state index contributed by atoms with van der Waals surface area (Å²) in [4.78, 5) is 12.0. The number of nitrogens with one attached hydrogen (secondary N) is 1. The Balaban J connectivity index is 1.84. The fraction of sp³-hybridized carbons (Fsp3) is 0.667. The highest BCUT2D eigenvalue weighted by Gasteiger charge is 2.31. The second kappa shape index (κ2) is 5.31. The zero-order valence-corrected chi connectivity index (χ0v) is 10.1. The van der Waals surface area contributed by atoms with Gasteiger partial charge in [-0.2, -0.15) is 0 Å². The van der Waals surface area contributed by atoms with Gasteiger partial charge in [-0.3, -0.25) is 4.79 Å². The van der Waals surface area contributed by atoms with E-state index in [0.717, 1.165) is 30.7 Å². The number of amides is 1. The lowest BCUT2D eigenvalue weighted by molar-refractivity contribution is -0.126. The van der Waals surface area contributed by atoms with Crippen LogP contribution in [0.4, 0.5) is 0 Å². The monoisotopic (exact) mass is 237 g/mol. The average Bonchev–Trinajstić information content (AvgIpc) is 2.94. The largest absolute Gasteiger partial charge is 0.361 e. The number of hydrogen-bond acceptors (Lipinski definition) is 4. The highest BCUT2D eigenvalue weighted by molar-refractivity contribution is 5.79. The van der Waals surface area contributed by atoms with Crippen molar-refractivity contribution in [3.05, 3.63) is 17.5 Å². The topological polar surface area (TPSA) is 81.2 Å². The molecular formula is C12H19N3O2. The van der Waals surface area contributed by atoms with Crippen LogP contribution in [0.3, 0.4) is 0 Å². The van der Waals surface area contributed by atoms with Crippen LogP contribution >= 0.6 is 0 Å². The van der Waals surface area contributed by atoms with Crippen LogP contribution in [0.15, 0.2) is 10.6 Å². The van der Waals surface area contributed by atoms with Crippen LogP contribution in [-0.4, -0.2) is 17.6 Å². The van der Waals surface area contributed by atoms with Crippen molar-refractivity contribution in [2.45, 2.75) is 32.7 Å². The van der Waals surface area contributed by atoms with E-state index in [1.54, 1.807) is 0 Å². The van der Waals surface area contributed by atoms with Crippen LogP contribution in [0.25, 0.3) is 0 Å². The van der Waals surface area contributed by atoms with Gasteiger partial charge in [0.15, 0.2) is 0 Å². The van der Waals surface area contributed by atoms with Crippen molar-refractivity contribution in [1.29, 1.82) is 0 Å². The average molecular weight is 237 g/mol. The molecule has 2 unspecified atom stereocenters. The van der Waals surface area contributed by atoms with Gasteiger partial charge in [-0.05, 0) is 32.2 Å². The SMILES string of the molecule is Cc1cc(CNC(=O)C2CCCC2CN)no1. The van der Waals surface area contributed by atoms with Crippen LogP contribution in [0, 0.1) is 18.8 Å². The minimum absolute atomic E-state index is 0.0768. The van der Waals surface area contributed by atoms with E-state index < -0.39 is 0 Å². The third-order valence-corrected chi connectivity index (χ3v) is 3.42. The van der Waals surface area contributed by atoms with Crippen molar-refractivity contribution in [3.63, 3.8) is 0 Å². The Morgan fingerprint density at radius 3 is 3.12 bits per heavy atom. The highest BCUT2D eigenvalue weighted by Crippen LogP contribution is 2.30. The van der Waals surface area contributed by atoms with Crippen LogP contribution < -0.4 is 11.1 Å². The van der Waals surface area contributed by atoms with E-state index >= 15 is 0 Å². The zero-order chi connectivity index (χ0) is 12.3. The van der Waals surface area contributed by atoms with Gasteiger partial charge < -0.3 is 15.6 Å². The second-order valence-corrected chi connectivity index (χ2v) is 4.68. The summed E-state index contributed by atoms with van der Waals surface area (Å²) in [6.07, 6.45) is 3.12.